The molecule has 0 aliphatic carbocycles. The minimum atomic E-state index is 0.00252. The van der Waals surface area contributed by atoms with E-state index in [1.165, 1.54) is 0 Å². The molecule has 2 rings (SSSR count). The van der Waals surface area contributed by atoms with Gasteiger partial charge in [-0.1, -0.05) is 11.6 Å². The summed E-state index contributed by atoms with van der Waals surface area (Å²) in [5, 5.41) is 7.37. The minimum Gasteiger partial charge on any atom is -0.325 e. The number of aromatic nitrogens is 1. The molecule has 0 aliphatic heterocycles. The van der Waals surface area contributed by atoms with Crippen LogP contribution in [0.25, 0.3) is 10.9 Å². The molecule has 0 radical (unpaired) electrons. The van der Waals surface area contributed by atoms with Gasteiger partial charge in [-0.25, -0.2) is 0 Å². The van der Waals surface area contributed by atoms with Crippen LogP contribution in [0.1, 0.15) is 12.8 Å². The molecule has 0 saturated carbocycles. The SMILES string of the molecule is CNCCCC(=O)Nc1ccc(Cl)c2ncccc12. The van der Waals surface area contributed by atoms with E-state index in [2.05, 4.69) is 15.6 Å². The third-order valence-electron chi connectivity index (χ3n) is 2.83. The maximum atomic E-state index is 11.8. The second-order valence-electron chi connectivity index (χ2n) is 4.25. The number of pyridine rings is 1. The molecule has 1 heterocycles. The van der Waals surface area contributed by atoms with Crippen LogP contribution in [-0.2, 0) is 4.79 Å². The van der Waals surface area contributed by atoms with Gasteiger partial charge >= 0.3 is 0 Å². The van der Waals surface area contributed by atoms with Crippen LogP contribution in [0.4, 0.5) is 5.69 Å². The second-order valence-corrected chi connectivity index (χ2v) is 4.66. The van der Waals surface area contributed by atoms with Gasteiger partial charge in [0.1, 0.15) is 0 Å². The maximum absolute atomic E-state index is 11.8. The number of fused-ring (bicyclic) bond motifs is 1. The number of benzene rings is 1. The van der Waals surface area contributed by atoms with Crippen molar-refractivity contribution in [3.8, 4) is 0 Å². The first-order chi connectivity index (χ1) is 9.22. The van der Waals surface area contributed by atoms with Crippen LogP contribution < -0.4 is 10.6 Å². The molecule has 1 aromatic heterocycles. The predicted octanol–water partition coefficient (Wildman–Crippen LogP) is 2.83. The van der Waals surface area contributed by atoms with Gasteiger partial charge in [0.05, 0.1) is 16.2 Å². The highest BCUT2D eigenvalue weighted by Crippen LogP contribution is 2.28. The number of rotatable bonds is 5. The molecule has 2 N–H and O–H groups in total. The van der Waals surface area contributed by atoms with Crippen LogP contribution in [0.3, 0.4) is 0 Å². The topological polar surface area (TPSA) is 54.0 Å². The number of hydrogen-bond acceptors (Lipinski definition) is 3. The number of nitrogens with zero attached hydrogens (tertiary/aromatic N) is 1. The molecule has 1 amide bonds. The normalized spacial score (nSPS) is 10.6. The fraction of sp³-hybridized carbons (Fsp3) is 0.286. The van der Waals surface area contributed by atoms with Crippen LogP contribution in [0.5, 0.6) is 0 Å². The van der Waals surface area contributed by atoms with Crippen molar-refractivity contribution in [2.24, 2.45) is 0 Å². The Hall–Kier alpha value is -1.65. The molecule has 0 bridgehead atoms. The molecule has 0 spiro atoms. The molecular formula is C14H16ClN3O. The summed E-state index contributed by atoms with van der Waals surface area (Å²) < 4.78 is 0. The molecule has 0 fully saturated rings. The molecular weight excluding hydrogens is 262 g/mol. The van der Waals surface area contributed by atoms with Gasteiger partial charge in [-0.05, 0) is 44.3 Å². The molecule has 0 aliphatic rings. The number of anilines is 1. The molecule has 4 nitrogen and oxygen atoms in total. The third-order valence-corrected chi connectivity index (χ3v) is 3.13. The average Bonchev–Trinajstić information content (AvgIpc) is 2.43. The number of nitrogens with one attached hydrogen (secondary N) is 2. The fourth-order valence-corrected chi connectivity index (χ4v) is 2.10. The van der Waals surface area contributed by atoms with E-state index >= 15 is 0 Å². The molecule has 19 heavy (non-hydrogen) atoms. The van der Waals surface area contributed by atoms with Crippen molar-refractivity contribution < 1.29 is 4.79 Å². The highest BCUT2D eigenvalue weighted by atomic mass is 35.5. The van der Waals surface area contributed by atoms with Gasteiger partial charge in [-0.3, -0.25) is 9.78 Å². The summed E-state index contributed by atoms with van der Waals surface area (Å²) in [5.74, 6) is 0.00252. The van der Waals surface area contributed by atoms with Crippen molar-refractivity contribution >= 4 is 34.1 Å². The lowest BCUT2D eigenvalue weighted by Crippen LogP contribution is -2.15. The molecule has 1 aromatic carbocycles. The van der Waals surface area contributed by atoms with Crippen molar-refractivity contribution in [1.82, 2.24) is 10.3 Å². The zero-order chi connectivity index (χ0) is 13.7. The number of halogens is 1. The molecule has 0 atom stereocenters. The molecule has 0 unspecified atom stereocenters. The smallest absolute Gasteiger partial charge is 0.224 e. The highest BCUT2D eigenvalue weighted by molar-refractivity contribution is 6.35. The second kappa shape index (κ2) is 6.50. The Morgan fingerprint density at radius 3 is 3.00 bits per heavy atom. The van der Waals surface area contributed by atoms with E-state index in [1.54, 1.807) is 12.3 Å². The lowest BCUT2D eigenvalue weighted by Gasteiger charge is -2.09. The van der Waals surface area contributed by atoms with E-state index in [-0.39, 0.29) is 5.91 Å². The zero-order valence-electron chi connectivity index (χ0n) is 10.7. The monoisotopic (exact) mass is 277 g/mol. The van der Waals surface area contributed by atoms with E-state index in [1.807, 2.05) is 25.2 Å². The summed E-state index contributed by atoms with van der Waals surface area (Å²) in [6.07, 6.45) is 2.99. The number of hydrogen-bond donors (Lipinski definition) is 2. The van der Waals surface area contributed by atoms with E-state index in [9.17, 15) is 4.79 Å². The summed E-state index contributed by atoms with van der Waals surface area (Å²) >= 11 is 6.08. The average molecular weight is 278 g/mol. The molecule has 5 heteroatoms. The Bertz CT molecular complexity index is 586. The van der Waals surface area contributed by atoms with E-state index < -0.39 is 0 Å². The van der Waals surface area contributed by atoms with Crippen molar-refractivity contribution in [1.29, 1.82) is 0 Å². The fourth-order valence-electron chi connectivity index (χ4n) is 1.89. The first-order valence-electron chi connectivity index (χ1n) is 6.20. The van der Waals surface area contributed by atoms with Gasteiger partial charge in [-0.2, -0.15) is 0 Å². The van der Waals surface area contributed by atoms with E-state index in [0.29, 0.717) is 17.0 Å². The van der Waals surface area contributed by atoms with Crippen molar-refractivity contribution in [2.45, 2.75) is 12.8 Å². The van der Waals surface area contributed by atoms with Crippen LogP contribution in [-0.4, -0.2) is 24.5 Å². The number of carbonyl (C=O) groups excluding carboxylic acids is 1. The first-order valence-corrected chi connectivity index (χ1v) is 6.58. The number of amides is 1. The lowest BCUT2D eigenvalue weighted by molar-refractivity contribution is -0.116. The summed E-state index contributed by atoms with van der Waals surface area (Å²) in [6.45, 7) is 0.830. The Balaban J connectivity index is 2.17. The summed E-state index contributed by atoms with van der Waals surface area (Å²) in [5.41, 5.74) is 1.46. The lowest BCUT2D eigenvalue weighted by atomic mass is 10.1. The predicted molar refractivity (Wildman–Crippen MR) is 78.5 cm³/mol. The van der Waals surface area contributed by atoms with Gasteiger partial charge in [0, 0.05) is 18.0 Å². The summed E-state index contributed by atoms with van der Waals surface area (Å²) in [7, 11) is 1.87. The standard InChI is InChI=1S/C14H16ClN3O/c1-16-8-3-5-13(19)18-12-7-6-11(15)14-10(12)4-2-9-17-14/h2,4,6-7,9,16H,3,5,8H2,1H3,(H,18,19). The van der Waals surface area contributed by atoms with Crippen molar-refractivity contribution in [3.63, 3.8) is 0 Å². The van der Waals surface area contributed by atoms with Crippen LogP contribution in [0, 0.1) is 0 Å². The van der Waals surface area contributed by atoms with Gasteiger partial charge in [0.2, 0.25) is 5.91 Å². The van der Waals surface area contributed by atoms with Crippen molar-refractivity contribution in [3.05, 3.63) is 35.5 Å². The largest absolute Gasteiger partial charge is 0.325 e. The highest BCUT2D eigenvalue weighted by Gasteiger charge is 2.08. The first kappa shape index (κ1) is 13.8. The van der Waals surface area contributed by atoms with Crippen LogP contribution >= 0.6 is 11.6 Å². The quantitative estimate of drug-likeness (QED) is 0.827. The zero-order valence-corrected chi connectivity index (χ0v) is 11.5. The van der Waals surface area contributed by atoms with E-state index in [4.69, 9.17) is 11.6 Å². The van der Waals surface area contributed by atoms with Crippen LogP contribution in [0.15, 0.2) is 30.5 Å². The van der Waals surface area contributed by atoms with Gasteiger partial charge in [0.15, 0.2) is 0 Å². The Kier molecular flexibility index (Phi) is 4.71. The molecule has 2 aromatic rings. The van der Waals surface area contributed by atoms with Gasteiger partial charge in [-0.15, -0.1) is 0 Å². The van der Waals surface area contributed by atoms with Crippen molar-refractivity contribution in [2.75, 3.05) is 18.9 Å². The van der Waals surface area contributed by atoms with Crippen LogP contribution in [0.2, 0.25) is 5.02 Å². The Labute approximate surface area is 117 Å². The number of carbonyl (C=O) groups is 1. The maximum Gasteiger partial charge on any atom is 0.224 e. The van der Waals surface area contributed by atoms with E-state index in [0.717, 1.165) is 24.0 Å². The Morgan fingerprint density at radius 1 is 1.37 bits per heavy atom. The minimum absolute atomic E-state index is 0.00252. The Morgan fingerprint density at radius 2 is 2.21 bits per heavy atom. The molecule has 100 valence electrons. The van der Waals surface area contributed by atoms with Gasteiger partial charge in [0.25, 0.3) is 0 Å². The molecule has 0 saturated heterocycles. The summed E-state index contributed by atoms with van der Waals surface area (Å²) in [6, 6.07) is 7.29. The third kappa shape index (κ3) is 3.43. The van der Waals surface area contributed by atoms with Gasteiger partial charge < -0.3 is 10.6 Å². The summed E-state index contributed by atoms with van der Waals surface area (Å²) in [4.78, 5) is 16.1.